The van der Waals surface area contributed by atoms with Gasteiger partial charge in [-0.25, -0.2) is 5.90 Å². The Bertz CT molecular complexity index is 479. The van der Waals surface area contributed by atoms with E-state index in [2.05, 4.69) is 10.9 Å². The number of aromatic nitrogens is 1. The van der Waals surface area contributed by atoms with Crippen molar-refractivity contribution in [2.24, 2.45) is 12.9 Å². The van der Waals surface area contributed by atoms with Gasteiger partial charge in [0.2, 0.25) is 0 Å². The number of benzene rings is 1. The highest BCUT2D eigenvalue weighted by Gasteiger charge is 2.07. The molecule has 0 spiro atoms. The topological polar surface area (TPSA) is 40.2 Å². The Hall–Kier alpha value is -1.03. The van der Waals surface area contributed by atoms with Gasteiger partial charge in [-0.1, -0.05) is 17.7 Å². The van der Waals surface area contributed by atoms with Crippen molar-refractivity contribution >= 4 is 22.5 Å². The summed E-state index contributed by atoms with van der Waals surface area (Å²) in [5, 5.41) is 1.87. The Morgan fingerprint density at radius 3 is 2.93 bits per heavy atom. The van der Waals surface area contributed by atoms with E-state index in [-0.39, 0.29) is 0 Å². The van der Waals surface area contributed by atoms with Crippen LogP contribution in [0.15, 0.2) is 24.4 Å². The van der Waals surface area contributed by atoms with Crippen LogP contribution in [-0.2, 0) is 18.3 Å². The first-order valence-electron chi connectivity index (χ1n) is 4.78. The van der Waals surface area contributed by atoms with Crippen molar-refractivity contribution in [3.63, 3.8) is 0 Å². The predicted molar refractivity (Wildman–Crippen MR) is 61.8 cm³/mol. The maximum atomic E-state index is 6.28. The summed E-state index contributed by atoms with van der Waals surface area (Å²) in [4.78, 5) is 4.55. The van der Waals surface area contributed by atoms with E-state index >= 15 is 0 Å². The lowest BCUT2D eigenvalue weighted by atomic mass is 10.1. The average molecular weight is 225 g/mol. The molecular weight excluding hydrogens is 212 g/mol. The molecule has 0 aliphatic rings. The van der Waals surface area contributed by atoms with E-state index < -0.39 is 0 Å². The monoisotopic (exact) mass is 224 g/mol. The lowest BCUT2D eigenvalue weighted by Crippen LogP contribution is -2.04. The second-order valence-corrected chi connectivity index (χ2v) is 3.90. The smallest absolute Gasteiger partial charge is 0.0720 e. The summed E-state index contributed by atoms with van der Waals surface area (Å²) in [6.45, 7) is 0.484. The summed E-state index contributed by atoms with van der Waals surface area (Å²) in [7, 11) is 2.00. The number of nitrogens with two attached hydrogens (primary N) is 1. The molecule has 0 atom stereocenters. The van der Waals surface area contributed by atoms with Gasteiger partial charge in [0.1, 0.15) is 0 Å². The highest BCUT2D eigenvalue weighted by Crippen LogP contribution is 2.28. The molecule has 0 aliphatic carbocycles. The molecule has 0 saturated carbocycles. The molecule has 0 aliphatic heterocycles. The van der Waals surface area contributed by atoms with E-state index in [1.807, 2.05) is 29.9 Å². The van der Waals surface area contributed by atoms with E-state index in [1.54, 1.807) is 0 Å². The molecule has 1 aromatic carbocycles. The fourth-order valence-corrected chi connectivity index (χ4v) is 2.04. The van der Waals surface area contributed by atoms with Gasteiger partial charge in [0.05, 0.1) is 11.6 Å². The van der Waals surface area contributed by atoms with Crippen molar-refractivity contribution in [3.8, 4) is 0 Å². The van der Waals surface area contributed by atoms with Gasteiger partial charge in [-0.15, -0.1) is 0 Å². The van der Waals surface area contributed by atoms with Crippen molar-refractivity contribution in [2.75, 3.05) is 6.61 Å². The van der Waals surface area contributed by atoms with Crippen LogP contribution in [0.1, 0.15) is 5.56 Å². The van der Waals surface area contributed by atoms with Gasteiger partial charge in [-0.3, -0.25) is 0 Å². The van der Waals surface area contributed by atoms with E-state index in [0.717, 1.165) is 27.9 Å². The molecule has 80 valence electrons. The van der Waals surface area contributed by atoms with Crippen LogP contribution in [0, 0.1) is 0 Å². The molecule has 1 aromatic heterocycles. The Kier molecular flexibility index (Phi) is 2.95. The molecule has 0 bridgehead atoms. The number of fused-ring (bicyclic) bond motifs is 1. The van der Waals surface area contributed by atoms with Crippen molar-refractivity contribution in [1.29, 1.82) is 0 Å². The average Bonchev–Trinajstić information content (AvgIpc) is 2.61. The minimum Gasteiger partial charge on any atom is -0.351 e. The quantitative estimate of drug-likeness (QED) is 0.813. The first-order chi connectivity index (χ1) is 7.24. The molecular formula is C11H13ClN2O. The van der Waals surface area contributed by atoms with Gasteiger partial charge in [0, 0.05) is 24.1 Å². The molecule has 2 aromatic rings. The van der Waals surface area contributed by atoms with Crippen molar-refractivity contribution in [2.45, 2.75) is 6.42 Å². The summed E-state index contributed by atoms with van der Waals surface area (Å²) in [6, 6.07) is 6.10. The molecule has 2 rings (SSSR count). The number of nitrogens with zero attached hydrogens (tertiary/aromatic N) is 1. The second-order valence-electron chi connectivity index (χ2n) is 3.52. The zero-order valence-electron chi connectivity index (χ0n) is 8.53. The third kappa shape index (κ3) is 1.86. The summed E-state index contributed by atoms with van der Waals surface area (Å²) in [5.41, 5.74) is 2.21. The van der Waals surface area contributed by atoms with Gasteiger partial charge < -0.3 is 9.40 Å². The second kappa shape index (κ2) is 4.23. The summed E-state index contributed by atoms with van der Waals surface area (Å²) >= 11 is 6.28. The number of aryl methyl sites for hydroxylation is 1. The highest BCUT2D eigenvalue weighted by molar-refractivity contribution is 6.36. The van der Waals surface area contributed by atoms with Crippen molar-refractivity contribution in [3.05, 3.63) is 35.0 Å². The van der Waals surface area contributed by atoms with Crippen LogP contribution in [0.4, 0.5) is 0 Å². The molecule has 0 unspecified atom stereocenters. The predicted octanol–water partition coefficient (Wildman–Crippen LogP) is 2.26. The number of hydrogen-bond donors (Lipinski definition) is 1. The molecule has 3 nitrogen and oxygen atoms in total. The van der Waals surface area contributed by atoms with Gasteiger partial charge in [-0.2, -0.15) is 0 Å². The fraction of sp³-hybridized carbons (Fsp3) is 0.273. The fourth-order valence-electron chi connectivity index (χ4n) is 1.72. The van der Waals surface area contributed by atoms with Crippen LogP contribution in [0.25, 0.3) is 10.9 Å². The Morgan fingerprint density at radius 2 is 2.20 bits per heavy atom. The van der Waals surface area contributed by atoms with Gasteiger partial charge in [-0.05, 0) is 24.1 Å². The highest BCUT2D eigenvalue weighted by atomic mass is 35.5. The maximum absolute atomic E-state index is 6.28. The molecule has 2 N–H and O–H groups in total. The minimum atomic E-state index is 0.484. The van der Waals surface area contributed by atoms with E-state index in [9.17, 15) is 0 Å². The van der Waals surface area contributed by atoms with Gasteiger partial charge in [0.25, 0.3) is 0 Å². The first-order valence-corrected chi connectivity index (χ1v) is 5.16. The summed E-state index contributed by atoms with van der Waals surface area (Å²) in [6.07, 6.45) is 2.74. The van der Waals surface area contributed by atoms with E-state index in [4.69, 9.17) is 17.5 Å². The van der Waals surface area contributed by atoms with E-state index in [0.29, 0.717) is 6.61 Å². The van der Waals surface area contributed by atoms with Crippen LogP contribution in [0.2, 0.25) is 5.02 Å². The zero-order chi connectivity index (χ0) is 10.8. The molecule has 0 amide bonds. The molecule has 15 heavy (non-hydrogen) atoms. The lowest BCUT2D eigenvalue weighted by Gasteiger charge is -2.05. The maximum Gasteiger partial charge on any atom is 0.0720 e. The lowest BCUT2D eigenvalue weighted by molar-refractivity contribution is 0.141. The molecule has 0 saturated heterocycles. The number of rotatable bonds is 3. The van der Waals surface area contributed by atoms with Gasteiger partial charge >= 0.3 is 0 Å². The standard InChI is InChI=1S/C11H13ClN2O/c1-14-6-4-9-10(14)3-2-8(11(9)12)5-7-15-13/h2-4,6H,5,7,13H2,1H3. The van der Waals surface area contributed by atoms with Crippen molar-refractivity contribution < 1.29 is 4.84 Å². The van der Waals surface area contributed by atoms with Crippen LogP contribution < -0.4 is 5.90 Å². The van der Waals surface area contributed by atoms with Crippen LogP contribution in [0.5, 0.6) is 0 Å². The minimum absolute atomic E-state index is 0.484. The Balaban J connectivity index is 2.46. The largest absolute Gasteiger partial charge is 0.351 e. The van der Waals surface area contributed by atoms with Crippen LogP contribution in [0.3, 0.4) is 0 Å². The summed E-state index contributed by atoms with van der Waals surface area (Å²) in [5.74, 6) is 5.00. The van der Waals surface area contributed by atoms with E-state index in [1.165, 1.54) is 0 Å². The van der Waals surface area contributed by atoms with Crippen LogP contribution >= 0.6 is 11.6 Å². The molecule has 0 fully saturated rings. The molecule has 1 heterocycles. The third-order valence-electron chi connectivity index (χ3n) is 2.57. The number of halogens is 1. The van der Waals surface area contributed by atoms with Crippen molar-refractivity contribution in [1.82, 2.24) is 4.57 Å². The Labute approximate surface area is 93.3 Å². The summed E-state index contributed by atoms with van der Waals surface area (Å²) < 4.78 is 2.05. The number of hydrogen-bond acceptors (Lipinski definition) is 2. The van der Waals surface area contributed by atoms with Gasteiger partial charge in [0.15, 0.2) is 0 Å². The SMILES string of the molecule is Cn1ccc2c(Cl)c(CCON)ccc21. The normalized spacial score (nSPS) is 11.1. The third-order valence-corrected chi connectivity index (χ3v) is 3.02. The Morgan fingerprint density at radius 1 is 1.40 bits per heavy atom. The van der Waals surface area contributed by atoms with Crippen LogP contribution in [-0.4, -0.2) is 11.2 Å². The molecule has 0 radical (unpaired) electrons. The zero-order valence-corrected chi connectivity index (χ0v) is 9.29. The molecule has 4 heteroatoms. The first kappa shape index (κ1) is 10.5.